The molecule has 0 heterocycles. The number of nitrogens with zero attached hydrogens (tertiary/aromatic N) is 2. The monoisotopic (exact) mass is 418 g/mol. The molecule has 126 valence electrons. The van der Waals surface area contributed by atoms with Crippen LogP contribution in [0.5, 0.6) is 0 Å². The number of guanidine groups is 1. The molecule has 0 aliphatic rings. The minimum Gasteiger partial charge on any atom is -0.370 e. The lowest BCUT2D eigenvalue weighted by Gasteiger charge is -2.27. The third-order valence-electron chi connectivity index (χ3n) is 3.18. The SMILES string of the molecule is CCNC(=NCC(C)N(C)c1ccccc1)NC(C)(C)C.I. The summed E-state index contributed by atoms with van der Waals surface area (Å²) in [7, 11) is 2.11. The van der Waals surface area contributed by atoms with Crippen molar-refractivity contribution in [3.05, 3.63) is 30.3 Å². The van der Waals surface area contributed by atoms with Crippen LogP contribution in [0.25, 0.3) is 0 Å². The second-order valence-corrected chi connectivity index (χ2v) is 6.39. The first-order valence-corrected chi connectivity index (χ1v) is 7.68. The van der Waals surface area contributed by atoms with Crippen molar-refractivity contribution in [2.45, 2.75) is 46.2 Å². The van der Waals surface area contributed by atoms with E-state index < -0.39 is 0 Å². The standard InChI is InChI=1S/C17H30N4.HI/c1-7-18-16(20-17(3,4)5)19-13-14(2)21(6)15-11-9-8-10-12-15;/h8-12,14H,7,13H2,1-6H3,(H2,18,19,20);1H. The predicted octanol–water partition coefficient (Wildman–Crippen LogP) is 3.48. The van der Waals surface area contributed by atoms with E-state index in [4.69, 9.17) is 4.99 Å². The molecule has 22 heavy (non-hydrogen) atoms. The van der Waals surface area contributed by atoms with Crippen LogP contribution in [0.15, 0.2) is 35.3 Å². The molecule has 0 bridgehead atoms. The second-order valence-electron chi connectivity index (χ2n) is 6.39. The maximum absolute atomic E-state index is 4.70. The van der Waals surface area contributed by atoms with E-state index in [-0.39, 0.29) is 29.5 Å². The highest BCUT2D eigenvalue weighted by Gasteiger charge is 2.13. The molecule has 2 N–H and O–H groups in total. The van der Waals surface area contributed by atoms with Crippen molar-refractivity contribution in [3.8, 4) is 0 Å². The summed E-state index contributed by atoms with van der Waals surface area (Å²) in [6, 6.07) is 10.7. The van der Waals surface area contributed by atoms with Crippen LogP contribution in [0.2, 0.25) is 0 Å². The zero-order valence-electron chi connectivity index (χ0n) is 14.7. The smallest absolute Gasteiger partial charge is 0.191 e. The van der Waals surface area contributed by atoms with Crippen molar-refractivity contribution in [2.24, 2.45) is 4.99 Å². The Bertz CT molecular complexity index is 440. The first-order chi connectivity index (χ1) is 9.83. The van der Waals surface area contributed by atoms with Gasteiger partial charge in [-0.05, 0) is 46.8 Å². The molecule has 5 heteroatoms. The summed E-state index contributed by atoms with van der Waals surface area (Å²) in [5.74, 6) is 0.873. The van der Waals surface area contributed by atoms with Crippen LogP contribution in [-0.4, -0.2) is 37.7 Å². The molecule has 0 fully saturated rings. The Labute approximate surface area is 152 Å². The lowest BCUT2D eigenvalue weighted by Crippen LogP contribution is -2.48. The number of halogens is 1. The molecular weight excluding hydrogens is 387 g/mol. The molecule has 0 saturated heterocycles. The fraction of sp³-hybridized carbons (Fsp3) is 0.588. The van der Waals surface area contributed by atoms with E-state index >= 15 is 0 Å². The predicted molar refractivity (Wildman–Crippen MR) is 109 cm³/mol. The number of hydrogen-bond donors (Lipinski definition) is 2. The lowest BCUT2D eigenvalue weighted by atomic mass is 10.1. The van der Waals surface area contributed by atoms with Crippen LogP contribution in [-0.2, 0) is 0 Å². The van der Waals surface area contributed by atoms with Crippen LogP contribution in [0.3, 0.4) is 0 Å². The molecule has 0 aromatic heterocycles. The number of para-hydroxylation sites is 1. The van der Waals surface area contributed by atoms with Gasteiger partial charge in [-0.3, -0.25) is 4.99 Å². The molecule has 0 spiro atoms. The maximum atomic E-state index is 4.70. The molecule has 1 atom stereocenters. The quantitative estimate of drug-likeness (QED) is 0.437. The van der Waals surface area contributed by atoms with Crippen molar-refractivity contribution in [3.63, 3.8) is 0 Å². The largest absolute Gasteiger partial charge is 0.370 e. The minimum atomic E-state index is 0. The summed E-state index contributed by atoms with van der Waals surface area (Å²) in [5, 5.41) is 6.71. The third kappa shape index (κ3) is 7.87. The number of rotatable bonds is 5. The number of nitrogens with one attached hydrogen (secondary N) is 2. The van der Waals surface area contributed by atoms with Crippen molar-refractivity contribution in [1.82, 2.24) is 10.6 Å². The van der Waals surface area contributed by atoms with Gasteiger partial charge in [0.05, 0.1) is 6.54 Å². The Balaban J connectivity index is 0.00000441. The number of benzene rings is 1. The van der Waals surface area contributed by atoms with E-state index in [1.807, 2.05) is 6.07 Å². The molecule has 0 aliphatic carbocycles. The average molecular weight is 418 g/mol. The summed E-state index contributed by atoms with van der Waals surface area (Å²) < 4.78 is 0. The van der Waals surface area contributed by atoms with E-state index in [0.717, 1.165) is 19.0 Å². The third-order valence-corrected chi connectivity index (χ3v) is 3.18. The average Bonchev–Trinajstić information content (AvgIpc) is 2.43. The van der Waals surface area contributed by atoms with Gasteiger partial charge in [-0.25, -0.2) is 0 Å². The van der Waals surface area contributed by atoms with Crippen molar-refractivity contribution in [2.75, 3.05) is 25.0 Å². The van der Waals surface area contributed by atoms with Crippen molar-refractivity contribution >= 4 is 35.6 Å². The van der Waals surface area contributed by atoms with Gasteiger partial charge in [-0.2, -0.15) is 0 Å². The Morgan fingerprint density at radius 1 is 1.23 bits per heavy atom. The second kappa shape index (κ2) is 9.92. The van der Waals surface area contributed by atoms with Gasteiger partial charge in [0.15, 0.2) is 5.96 Å². The topological polar surface area (TPSA) is 39.7 Å². The fourth-order valence-corrected chi connectivity index (χ4v) is 1.93. The molecule has 1 aromatic rings. The van der Waals surface area contributed by atoms with E-state index in [9.17, 15) is 0 Å². The van der Waals surface area contributed by atoms with Crippen molar-refractivity contribution in [1.29, 1.82) is 0 Å². The van der Waals surface area contributed by atoms with E-state index in [1.165, 1.54) is 5.69 Å². The van der Waals surface area contributed by atoms with Gasteiger partial charge < -0.3 is 15.5 Å². The molecular formula is C17H31IN4. The zero-order chi connectivity index (χ0) is 15.9. The Hall–Kier alpha value is -0.980. The van der Waals surface area contributed by atoms with Crippen LogP contribution < -0.4 is 15.5 Å². The molecule has 1 aromatic carbocycles. The molecule has 0 radical (unpaired) electrons. The minimum absolute atomic E-state index is 0. The fourth-order valence-electron chi connectivity index (χ4n) is 1.93. The van der Waals surface area contributed by atoms with E-state index in [1.54, 1.807) is 0 Å². The molecule has 0 saturated carbocycles. The Morgan fingerprint density at radius 2 is 1.82 bits per heavy atom. The maximum Gasteiger partial charge on any atom is 0.191 e. The van der Waals surface area contributed by atoms with Crippen LogP contribution in [0.4, 0.5) is 5.69 Å². The van der Waals surface area contributed by atoms with Gasteiger partial charge in [0.25, 0.3) is 0 Å². The summed E-state index contributed by atoms with van der Waals surface area (Å²) in [6.45, 7) is 12.3. The first-order valence-electron chi connectivity index (χ1n) is 7.68. The normalized spacial score (nSPS) is 13.1. The number of likely N-dealkylation sites (N-methyl/N-ethyl adjacent to an activating group) is 1. The molecule has 1 rings (SSSR count). The van der Waals surface area contributed by atoms with Gasteiger partial charge in [-0.1, -0.05) is 18.2 Å². The van der Waals surface area contributed by atoms with E-state index in [2.05, 4.69) is 81.5 Å². The number of anilines is 1. The number of hydrogen-bond acceptors (Lipinski definition) is 2. The highest BCUT2D eigenvalue weighted by molar-refractivity contribution is 14.0. The molecule has 1 unspecified atom stereocenters. The zero-order valence-corrected chi connectivity index (χ0v) is 17.0. The molecule has 0 amide bonds. The van der Waals surface area contributed by atoms with Crippen LogP contribution in [0.1, 0.15) is 34.6 Å². The van der Waals surface area contributed by atoms with Gasteiger partial charge in [0.2, 0.25) is 0 Å². The van der Waals surface area contributed by atoms with Gasteiger partial charge in [0.1, 0.15) is 0 Å². The van der Waals surface area contributed by atoms with Gasteiger partial charge in [0, 0.05) is 30.9 Å². The summed E-state index contributed by atoms with van der Waals surface area (Å²) >= 11 is 0. The number of aliphatic imine (C=N–C) groups is 1. The van der Waals surface area contributed by atoms with E-state index in [0.29, 0.717) is 6.04 Å². The lowest BCUT2D eigenvalue weighted by molar-refractivity contribution is 0.500. The van der Waals surface area contributed by atoms with Gasteiger partial charge >= 0.3 is 0 Å². The Morgan fingerprint density at radius 3 is 2.32 bits per heavy atom. The van der Waals surface area contributed by atoms with Crippen molar-refractivity contribution < 1.29 is 0 Å². The van der Waals surface area contributed by atoms with Crippen LogP contribution >= 0.6 is 24.0 Å². The first kappa shape index (κ1) is 21.0. The summed E-state index contributed by atoms with van der Waals surface area (Å²) in [5.41, 5.74) is 1.23. The summed E-state index contributed by atoms with van der Waals surface area (Å²) in [6.07, 6.45) is 0. The van der Waals surface area contributed by atoms with Crippen LogP contribution in [0, 0.1) is 0 Å². The highest BCUT2D eigenvalue weighted by Crippen LogP contribution is 2.14. The molecule has 0 aliphatic heterocycles. The highest BCUT2D eigenvalue weighted by atomic mass is 127. The summed E-state index contributed by atoms with van der Waals surface area (Å²) in [4.78, 5) is 6.95. The van der Waals surface area contributed by atoms with Gasteiger partial charge in [-0.15, -0.1) is 24.0 Å². The molecule has 4 nitrogen and oxygen atoms in total. The Kier molecular flexibility index (Phi) is 9.48.